The number of nitrogens with one attached hydrogen (secondary N) is 1. The Labute approximate surface area is 223 Å². The van der Waals surface area contributed by atoms with Crippen LogP contribution in [0.3, 0.4) is 0 Å². The smallest absolute Gasteiger partial charge is 0.330 e. The predicted octanol–water partition coefficient (Wildman–Crippen LogP) is 4.40. The maximum atomic E-state index is 13.1. The first-order valence-electron chi connectivity index (χ1n) is 12.9. The highest BCUT2D eigenvalue weighted by molar-refractivity contribution is 7.25. The molecule has 0 amide bonds. The zero-order valence-electron chi connectivity index (χ0n) is 22.6. The summed E-state index contributed by atoms with van der Waals surface area (Å²) in [6.45, 7) is 14.8. The predicted molar refractivity (Wildman–Crippen MR) is 156 cm³/mol. The lowest BCUT2D eigenvalue weighted by Gasteiger charge is -2.46. The normalized spacial score (nSPS) is 16.2. The molecule has 0 bridgehead atoms. The van der Waals surface area contributed by atoms with Crippen LogP contribution in [-0.2, 0) is 6.67 Å². The van der Waals surface area contributed by atoms with Gasteiger partial charge in [0.1, 0.15) is 22.6 Å². The largest absolute Gasteiger partial charge is 0.489 e. The minimum atomic E-state index is -0.397. The van der Waals surface area contributed by atoms with Gasteiger partial charge in [-0.05, 0) is 30.7 Å². The quantitative estimate of drug-likeness (QED) is 0.394. The van der Waals surface area contributed by atoms with Crippen LogP contribution >= 0.6 is 11.3 Å². The van der Waals surface area contributed by atoms with Gasteiger partial charge in [0.05, 0.1) is 36.5 Å². The number of thiophene rings is 1. The van der Waals surface area contributed by atoms with Gasteiger partial charge >= 0.3 is 5.69 Å². The van der Waals surface area contributed by atoms with E-state index >= 15 is 0 Å². The summed E-state index contributed by atoms with van der Waals surface area (Å²) in [5.41, 5.74) is 2.91. The van der Waals surface area contributed by atoms with Gasteiger partial charge in [0.15, 0.2) is 0 Å². The Bertz CT molecular complexity index is 1450. The van der Waals surface area contributed by atoms with E-state index in [1.807, 2.05) is 52.0 Å². The number of para-hydroxylation sites is 1. The Kier molecular flexibility index (Phi) is 9.94. The van der Waals surface area contributed by atoms with E-state index in [1.165, 1.54) is 28.3 Å². The Hall–Kier alpha value is -3.11. The molecule has 1 aromatic carbocycles. The minimum Gasteiger partial charge on any atom is -0.489 e. The number of aryl methyl sites for hydroxylation is 1. The van der Waals surface area contributed by atoms with Gasteiger partial charge in [0.25, 0.3) is 5.56 Å². The third-order valence-corrected chi connectivity index (χ3v) is 7.32. The lowest BCUT2D eigenvalue weighted by molar-refractivity contribution is 0.137. The van der Waals surface area contributed by atoms with Crippen molar-refractivity contribution in [2.45, 2.75) is 54.2 Å². The molecule has 5 heterocycles. The summed E-state index contributed by atoms with van der Waals surface area (Å²) in [4.78, 5) is 37.7. The maximum absolute atomic E-state index is 13.1. The summed E-state index contributed by atoms with van der Waals surface area (Å²) in [5, 5.41) is 0. The number of pyridine rings is 1. The van der Waals surface area contributed by atoms with Crippen LogP contribution in [0.25, 0.3) is 20.4 Å². The van der Waals surface area contributed by atoms with Crippen molar-refractivity contribution in [1.82, 2.24) is 19.4 Å². The number of anilines is 1. The molecule has 8 nitrogen and oxygen atoms in total. The second kappa shape index (κ2) is 12.9. The van der Waals surface area contributed by atoms with Gasteiger partial charge in [0.2, 0.25) is 0 Å². The zero-order valence-corrected chi connectivity index (χ0v) is 23.4. The van der Waals surface area contributed by atoms with Crippen LogP contribution in [0.4, 0.5) is 5.69 Å². The average Bonchev–Trinajstić information content (AvgIpc) is 3.33. The summed E-state index contributed by atoms with van der Waals surface area (Å²) in [6, 6.07) is 10.1. The molecule has 1 fully saturated rings. The van der Waals surface area contributed by atoms with E-state index in [0.29, 0.717) is 22.3 Å². The van der Waals surface area contributed by atoms with Crippen molar-refractivity contribution in [3.63, 3.8) is 0 Å². The van der Waals surface area contributed by atoms with E-state index < -0.39 is 5.69 Å². The van der Waals surface area contributed by atoms with Gasteiger partial charge in [-0.3, -0.25) is 14.7 Å². The highest BCUT2D eigenvalue weighted by atomic mass is 32.1. The molecule has 0 saturated carbocycles. The van der Waals surface area contributed by atoms with Gasteiger partial charge < -0.3 is 14.6 Å². The van der Waals surface area contributed by atoms with Crippen LogP contribution in [0.2, 0.25) is 6.82 Å². The van der Waals surface area contributed by atoms with Crippen molar-refractivity contribution in [3.8, 4) is 5.75 Å². The third-order valence-electron chi connectivity index (χ3n) is 6.19. The van der Waals surface area contributed by atoms with Gasteiger partial charge in [-0.15, -0.1) is 11.3 Å². The van der Waals surface area contributed by atoms with Crippen LogP contribution in [0, 0.1) is 6.92 Å². The van der Waals surface area contributed by atoms with Crippen LogP contribution in [-0.4, -0.2) is 59.6 Å². The van der Waals surface area contributed by atoms with Gasteiger partial charge in [-0.1, -0.05) is 46.7 Å². The minimum absolute atomic E-state index is 0.189. The number of rotatable bonds is 2. The number of H-pyrrole nitrogens is 1. The lowest BCUT2D eigenvalue weighted by atomic mass is 10.1. The zero-order chi connectivity index (χ0) is 27.1. The number of hydrogen-bond acceptors (Lipinski definition) is 7. The van der Waals surface area contributed by atoms with Crippen LogP contribution in [0.5, 0.6) is 5.75 Å². The number of aromatic amines is 1. The fourth-order valence-corrected chi connectivity index (χ4v) is 5.77. The van der Waals surface area contributed by atoms with E-state index in [4.69, 9.17) is 4.74 Å². The standard InChI is InChI=1S/C22H21N5O3S.2C2H6.CH3B/c1-13-4-2-5-15-19(13)26-9-8-25(10-14(26)11-30-15)12-27-21(28)20-18(24-22(27)29)17-16(31-20)6-3-7-23-17;3*1-2/h2-7,14H,8-12H2,1H3,(H,24,29);2*1-2H3;1H3. The number of hydrogen-bond donors (Lipinski definition) is 1. The molecule has 2 radical (unpaired) electrons. The van der Waals surface area contributed by atoms with E-state index in [9.17, 15) is 9.59 Å². The topological polar surface area (TPSA) is 83.5 Å². The summed E-state index contributed by atoms with van der Waals surface area (Å²) in [5.74, 6) is 0.932. The number of piperazine rings is 1. The van der Waals surface area contributed by atoms with Crippen molar-refractivity contribution in [2.24, 2.45) is 0 Å². The van der Waals surface area contributed by atoms with Crippen LogP contribution in [0.15, 0.2) is 46.1 Å². The molecule has 6 rings (SSSR count). The molecule has 0 aliphatic carbocycles. The van der Waals surface area contributed by atoms with E-state index in [2.05, 4.69) is 40.6 Å². The molecule has 1 unspecified atom stereocenters. The number of fused-ring (bicyclic) bond motifs is 6. The number of ether oxygens (including phenoxy) is 1. The van der Waals surface area contributed by atoms with E-state index in [1.54, 1.807) is 6.20 Å². The molecular formula is C27H36BN5O3S. The second-order valence-corrected chi connectivity index (χ2v) is 9.17. The third kappa shape index (κ3) is 5.45. The first-order chi connectivity index (χ1) is 18.1. The number of aromatic nitrogens is 3. The van der Waals surface area contributed by atoms with E-state index in [0.717, 1.165) is 35.8 Å². The molecule has 2 aliphatic rings. The summed E-state index contributed by atoms with van der Waals surface area (Å²) >= 11 is 1.37. The Balaban J connectivity index is 0.000000593. The van der Waals surface area contributed by atoms with Gasteiger partial charge in [0, 0.05) is 25.8 Å². The van der Waals surface area contributed by atoms with Crippen molar-refractivity contribution in [2.75, 3.05) is 31.1 Å². The lowest BCUT2D eigenvalue weighted by Crippen LogP contribution is -2.58. The molecule has 10 heteroatoms. The molecule has 1 N–H and O–H groups in total. The second-order valence-electron chi connectivity index (χ2n) is 8.12. The SMILES string of the molecule is CC.CC.Cc1cccc2c1N1CCN(Cn3c(=O)[nH]c4c(sc5cccnc54)c3=O)CC1CO2.[B]C. The molecule has 1 saturated heterocycles. The molecule has 37 heavy (non-hydrogen) atoms. The van der Waals surface area contributed by atoms with Gasteiger partial charge in [-0.25, -0.2) is 9.36 Å². The Morgan fingerprint density at radius 2 is 1.86 bits per heavy atom. The molecule has 0 spiro atoms. The molecule has 4 aromatic rings. The summed E-state index contributed by atoms with van der Waals surface area (Å²) in [6.07, 6.45) is 1.67. The number of benzene rings is 1. The molecule has 196 valence electrons. The summed E-state index contributed by atoms with van der Waals surface area (Å²) in [7, 11) is 4.50. The highest BCUT2D eigenvalue weighted by Crippen LogP contribution is 2.37. The molecular weight excluding hydrogens is 485 g/mol. The Morgan fingerprint density at radius 1 is 1.11 bits per heavy atom. The van der Waals surface area contributed by atoms with Crippen molar-refractivity contribution < 1.29 is 4.74 Å². The summed E-state index contributed by atoms with van der Waals surface area (Å²) < 4.78 is 8.74. The fourth-order valence-electron chi connectivity index (χ4n) is 4.70. The van der Waals surface area contributed by atoms with Crippen molar-refractivity contribution in [1.29, 1.82) is 0 Å². The van der Waals surface area contributed by atoms with E-state index in [-0.39, 0.29) is 18.3 Å². The first kappa shape index (κ1) is 28.5. The molecule has 2 aliphatic heterocycles. The van der Waals surface area contributed by atoms with Crippen molar-refractivity contribution in [3.05, 3.63) is 62.9 Å². The van der Waals surface area contributed by atoms with Crippen LogP contribution < -0.4 is 20.9 Å². The van der Waals surface area contributed by atoms with Crippen LogP contribution in [0.1, 0.15) is 33.3 Å². The first-order valence-corrected chi connectivity index (χ1v) is 13.7. The maximum Gasteiger partial charge on any atom is 0.330 e. The van der Waals surface area contributed by atoms with Crippen molar-refractivity contribution >= 4 is 45.3 Å². The number of nitrogens with zero attached hydrogens (tertiary/aromatic N) is 4. The monoisotopic (exact) mass is 521 g/mol. The Morgan fingerprint density at radius 3 is 2.62 bits per heavy atom. The average molecular weight is 521 g/mol. The molecule has 3 aromatic heterocycles. The highest BCUT2D eigenvalue weighted by Gasteiger charge is 2.34. The molecule has 1 atom stereocenters. The fraction of sp³-hybridized carbons (Fsp3) is 0.444. The van der Waals surface area contributed by atoms with Gasteiger partial charge in [-0.2, -0.15) is 0 Å².